The summed E-state index contributed by atoms with van der Waals surface area (Å²) in [5, 5.41) is 3.34. The molecule has 1 fully saturated rings. The molecule has 7 heteroatoms. The first-order valence-corrected chi connectivity index (χ1v) is 9.55. The van der Waals surface area contributed by atoms with Gasteiger partial charge in [-0.05, 0) is 44.0 Å². The summed E-state index contributed by atoms with van der Waals surface area (Å²) in [6.07, 6.45) is 2.44. The average Bonchev–Trinajstić information content (AvgIpc) is 2.72. The lowest BCUT2D eigenvalue weighted by Crippen LogP contribution is -2.46. The van der Waals surface area contributed by atoms with Gasteiger partial charge in [0, 0.05) is 32.6 Å². The van der Waals surface area contributed by atoms with Gasteiger partial charge in [-0.1, -0.05) is 0 Å². The standard InChI is InChI=1S/C20H31N3O4/c1-4-21-20(23-13-10-16(11-14-23)19(24)26-3)22-12-5-15-27-18-8-6-17(25-2)7-9-18/h6-9,16H,4-5,10-15H2,1-3H3,(H,21,22). The number of ether oxygens (including phenoxy) is 3. The first-order chi connectivity index (χ1) is 13.2. The molecule has 0 atom stereocenters. The topological polar surface area (TPSA) is 72.4 Å². The monoisotopic (exact) mass is 377 g/mol. The summed E-state index contributed by atoms with van der Waals surface area (Å²) in [6.45, 7) is 5.80. The molecule has 1 N–H and O–H groups in total. The molecule has 1 aromatic carbocycles. The number of nitrogens with zero attached hydrogens (tertiary/aromatic N) is 2. The first kappa shape index (κ1) is 20.9. The van der Waals surface area contributed by atoms with E-state index in [-0.39, 0.29) is 11.9 Å². The molecule has 1 aliphatic rings. The van der Waals surface area contributed by atoms with Gasteiger partial charge in [-0.25, -0.2) is 0 Å². The van der Waals surface area contributed by atoms with E-state index in [1.165, 1.54) is 7.11 Å². The number of methoxy groups -OCH3 is 2. The number of nitrogens with one attached hydrogen (secondary N) is 1. The molecule has 0 saturated carbocycles. The molecule has 1 aromatic rings. The Bertz CT molecular complexity index is 596. The Morgan fingerprint density at radius 3 is 2.44 bits per heavy atom. The maximum absolute atomic E-state index is 11.7. The van der Waals surface area contributed by atoms with Crippen molar-refractivity contribution < 1.29 is 19.0 Å². The van der Waals surface area contributed by atoms with E-state index in [0.717, 1.165) is 56.4 Å². The van der Waals surface area contributed by atoms with Crippen LogP contribution in [0.4, 0.5) is 0 Å². The number of carbonyl (C=O) groups excluding carboxylic acids is 1. The van der Waals surface area contributed by atoms with E-state index >= 15 is 0 Å². The number of rotatable bonds is 8. The van der Waals surface area contributed by atoms with Crippen LogP contribution >= 0.6 is 0 Å². The van der Waals surface area contributed by atoms with Crippen LogP contribution in [0.2, 0.25) is 0 Å². The minimum absolute atomic E-state index is 0.00650. The molecular formula is C20H31N3O4. The molecule has 1 saturated heterocycles. The molecule has 0 radical (unpaired) electrons. The Hall–Kier alpha value is -2.44. The zero-order valence-corrected chi connectivity index (χ0v) is 16.6. The second-order valence-corrected chi connectivity index (χ2v) is 6.40. The van der Waals surface area contributed by atoms with Gasteiger partial charge in [0.25, 0.3) is 0 Å². The number of carbonyl (C=O) groups is 1. The fourth-order valence-corrected chi connectivity index (χ4v) is 3.03. The second-order valence-electron chi connectivity index (χ2n) is 6.40. The first-order valence-electron chi connectivity index (χ1n) is 9.55. The Morgan fingerprint density at radius 1 is 1.19 bits per heavy atom. The fourth-order valence-electron chi connectivity index (χ4n) is 3.03. The normalized spacial score (nSPS) is 15.4. The predicted molar refractivity (Wildman–Crippen MR) is 105 cm³/mol. The highest BCUT2D eigenvalue weighted by Crippen LogP contribution is 2.19. The molecule has 7 nitrogen and oxygen atoms in total. The SMILES string of the molecule is CCNC(=NCCCOc1ccc(OC)cc1)N1CCC(C(=O)OC)CC1. The van der Waals surface area contributed by atoms with Gasteiger partial charge in [-0.2, -0.15) is 0 Å². The number of benzene rings is 1. The molecule has 0 amide bonds. The van der Waals surface area contributed by atoms with Gasteiger partial charge in [0.1, 0.15) is 11.5 Å². The van der Waals surface area contributed by atoms with E-state index in [1.807, 2.05) is 24.3 Å². The van der Waals surface area contributed by atoms with Crippen molar-refractivity contribution in [3.05, 3.63) is 24.3 Å². The van der Waals surface area contributed by atoms with Crippen LogP contribution in [0.5, 0.6) is 11.5 Å². The van der Waals surface area contributed by atoms with Gasteiger partial charge < -0.3 is 24.4 Å². The zero-order chi connectivity index (χ0) is 19.5. The smallest absolute Gasteiger partial charge is 0.308 e. The van der Waals surface area contributed by atoms with Gasteiger partial charge in [0.05, 0.1) is 26.7 Å². The summed E-state index contributed by atoms with van der Waals surface area (Å²) >= 11 is 0. The molecule has 2 rings (SSSR count). The van der Waals surface area contributed by atoms with Crippen LogP contribution in [0.25, 0.3) is 0 Å². The molecule has 0 aliphatic carbocycles. The van der Waals surface area contributed by atoms with Crippen molar-refractivity contribution in [2.75, 3.05) is 47.0 Å². The van der Waals surface area contributed by atoms with E-state index in [9.17, 15) is 4.79 Å². The Balaban J connectivity index is 1.75. The molecule has 150 valence electrons. The predicted octanol–water partition coefficient (Wildman–Crippen LogP) is 2.31. The lowest BCUT2D eigenvalue weighted by atomic mass is 9.97. The van der Waals surface area contributed by atoms with Crippen LogP contribution in [-0.2, 0) is 9.53 Å². The molecule has 0 unspecified atom stereocenters. The number of likely N-dealkylation sites (tertiary alicyclic amines) is 1. The third-order valence-corrected chi connectivity index (χ3v) is 4.56. The van der Waals surface area contributed by atoms with Gasteiger partial charge in [0.15, 0.2) is 5.96 Å². The number of piperidine rings is 1. The van der Waals surface area contributed by atoms with Crippen molar-refractivity contribution in [1.29, 1.82) is 0 Å². The second kappa shape index (κ2) is 11.3. The molecule has 0 bridgehead atoms. The third-order valence-electron chi connectivity index (χ3n) is 4.56. The van der Waals surface area contributed by atoms with E-state index in [1.54, 1.807) is 7.11 Å². The lowest BCUT2D eigenvalue weighted by molar-refractivity contribution is -0.146. The van der Waals surface area contributed by atoms with Crippen molar-refractivity contribution in [3.8, 4) is 11.5 Å². The Morgan fingerprint density at radius 2 is 1.85 bits per heavy atom. The summed E-state index contributed by atoms with van der Waals surface area (Å²) in [4.78, 5) is 18.6. The summed E-state index contributed by atoms with van der Waals surface area (Å²) < 4.78 is 15.7. The van der Waals surface area contributed by atoms with Gasteiger partial charge in [-0.3, -0.25) is 9.79 Å². The van der Waals surface area contributed by atoms with Gasteiger partial charge >= 0.3 is 5.97 Å². The molecule has 0 aromatic heterocycles. The van der Waals surface area contributed by atoms with Crippen LogP contribution in [0, 0.1) is 5.92 Å². The van der Waals surface area contributed by atoms with E-state index < -0.39 is 0 Å². The number of aliphatic imine (C=N–C) groups is 1. The van der Waals surface area contributed by atoms with Gasteiger partial charge in [-0.15, -0.1) is 0 Å². The summed E-state index contributed by atoms with van der Waals surface area (Å²) in [6, 6.07) is 7.57. The average molecular weight is 377 g/mol. The van der Waals surface area contributed by atoms with Crippen molar-refractivity contribution >= 4 is 11.9 Å². The molecule has 1 aliphatic heterocycles. The van der Waals surface area contributed by atoms with E-state index in [2.05, 4.69) is 17.1 Å². The Kier molecular flexibility index (Phi) is 8.74. The van der Waals surface area contributed by atoms with E-state index in [0.29, 0.717) is 13.2 Å². The highest BCUT2D eigenvalue weighted by molar-refractivity contribution is 5.80. The number of esters is 1. The van der Waals surface area contributed by atoms with Gasteiger partial charge in [0.2, 0.25) is 0 Å². The minimum Gasteiger partial charge on any atom is -0.497 e. The van der Waals surface area contributed by atoms with Crippen molar-refractivity contribution in [3.63, 3.8) is 0 Å². The number of guanidine groups is 1. The fraction of sp³-hybridized carbons (Fsp3) is 0.600. The molecular weight excluding hydrogens is 346 g/mol. The summed E-state index contributed by atoms with van der Waals surface area (Å²) in [5.74, 6) is 2.46. The minimum atomic E-state index is -0.104. The van der Waals surface area contributed by atoms with Crippen LogP contribution in [-0.4, -0.2) is 63.8 Å². The maximum Gasteiger partial charge on any atom is 0.308 e. The van der Waals surface area contributed by atoms with Crippen molar-refractivity contribution in [2.24, 2.45) is 10.9 Å². The van der Waals surface area contributed by atoms with Crippen LogP contribution in [0.15, 0.2) is 29.3 Å². The van der Waals surface area contributed by atoms with E-state index in [4.69, 9.17) is 19.2 Å². The number of hydrogen-bond acceptors (Lipinski definition) is 5. The zero-order valence-electron chi connectivity index (χ0n) is 16.6. The maximum atomic E-state index is 11.7. The molecule has 27 heavy (non-hydrogen) atoms. The lowest BCUT2D eigenvalue weighted by Gasteiger charge is -2.33. The number of hydrogen-bond donors (Lipinski definition) is 1. The summed E-state index contributed by atoms with van der Waals surface area (Å²) in [5.41, 5.74) is 0. The molecule has 1 heterocycles. The largest absolute Gasteiger partial charge is 0.497 e. The van der Waals surface area contributed by atoms with Crippen LogP contribution < -0.4 is 14.8 Å². The van der Waals surface area contributed by atoms with Crippen molar-refractivity contribution in [2.45, 2.75) is 26.2 Å². The highest BCUT2D eigenvalue weighted by Gasteiger charge is 2.26. The Labute approximate surface area is 161 Å². The quantitative estimate of drug-likeness (QED) is 0.324. The van der Waals surface area contributed by atoms with Crippen LogP contribution in [0.3, 0.4) is 0 Å². The highest BCUT2D eigenvalue weighted by atomic mass is 16.5. The third kappa shape index (κ3) is 6.66. The van der Waals surface area contributed by atoms with Crippen LogP contribution in [0.1, 0.15) is 26.2 Å². The molecule has 0 spiro atoms. The van der Waals surface area contributed by atoms with Crippen molar-refractivity contribution in [1.82, 2.24) is 10.2 Å². The summed E-state index contributed by atoms with van der Waals surface area (Å²) in [7, 11) is 3.10.